The monoisotopic (exact) mass is 291 g/mol. The standard InChI is InChI=1S/C15H17NO5/c17-9-11-3-5-12(6-4-11)15(19)21-10-14(18)16-8-13-2-1-7-20-13/h3-6,9,13H,1-2,7-8,10H2,(H,16,18)/t13-/m0/s1. The van der Waals surface area contributed by atoms with Crippen LogP contribution in [0.3, 0.4) is 0 Å². The van der Waals surface area contributed by atoms with Crippen molar-refractivity contribution in [2.45, 2.75) is 18.9 Å². The van der Waals surface area contributed by atoms with Gasteiger partial charge in [-0.1, -0.05) is 12.1 Å². The van der Waals surface area contributed by atoms with Crippen molar-refractivity contribution in [2.75, 3.05) is 19.8 Å². The summed E-state index contributed by atoms with van der Waals surface area (Å²) >= 11 is 0. The molecule has 0 aromatic heterocycles. The lowest BCUT2D eigenvalue weighted by Crippen LogP contribution is -2.34. The van der Waals surface area contributed by atoms with Crippen LogP contribution in [0, 0.1) is 0 Å². The van der Waals surface area contributed by atoms with E-state index in [0.717, 1.165) is 19.4 Å². The number of aldehydes is 1. The minimum Gasteiger partial charge on any atom is -0.452 e. The lowest BCUT2D eigenvalue weighted by Gasteiger charge is -2.11. The molecular weight excluding hydrogens is 274 g/mol. The van der Waals surface area contributed by atoms with Crippen LogP contribution < -0.4 is 5.32 Å². The average Bonchev–Trinajstić information content (AvgIpc) is 3.04. The molecule has 21 heavy (non-hydrogen) atoms. The van der Waals surface area contributed by atoms with E-state index in [1.165, 1.54) is 24.3 Å². The smallest absolute Gasteiger partial charge is 0.338 e. The predicted molar refractivity (Wildman–Crippen MR) is 74.1 cm³/mol. The molecule has 1 aromatic carbocycles. The molecule has 1 atom stereocenters. The number of carbonyl (C=O) groups excluding carboxylic acids is 3. The fourth-order valence-corrected chi connectivity index (χ4v) is 2.00. The van der Waals surface area contributed by atoms with Crippen LogP contribution in [-0.4, -0.2) is 44.0 Å². The van der Waals surface area contributed by atoms with Crippen molar-refractivity contribution in [1.82, 2.24) is 5.32 Å². The van der Waals surface area contributed by atoms with Crippen LogP contribution in [0.25, 0.3) is 0 Å². The summed E-state index contributed by atoms with van der Waals surface area (Å²) in [5.41, 5.74) is 0.772. The maximum atomic E-state index is 11.7. The molecule has 1 aliphatic heterocycles. The van der Waals surface area contributed by atoms with E-state index in [0.29, 0.717) is 24.0 Å². The first-order chi connectivity index (χ1) is 10.2. The fraction of sp³-hybridized carbons (Fsp3) is 0.400. The zero-order valence-corrected chi connectivity index (χ0v) is 11.5. The molecule has 1 saturated heterocycles. The van der Waals surface area contributed by atoms with Crippen molar-refractivity contribution in [3.05, 3.63) is 35.4 Å². The Morgan fingerprint density at radius 2 is 2.10 bits per heavy atom. The number of ether oxygens (including phenoxy) is 2. The number of carbonyl (C=O) groups is 3. The van der Waals surface area contributed by atoms with Crippen LogP contribution in [0.5, 0.6) is 0 Å². The van der Waals surface area contributed by atoms with Gasteiger partial charge in [0.05, 0.1) is 11.7 Å². The molecule has 112 valence electrons. The van der Waals surface area contributed by atoms with Gasteiger partial charge in [0.15, 0.2) is 6.61 Å². The molecule has 6 nitrogen and oxygen atoms in total. The Balaban J connectivity index is 1.71. The van der Waals surface area contributed by atoms with Crippen LogP contribution in [0.4, 0.5) is 0 Å². The van der Waals surface area contributed by atoms with Crippen molar-refractivity contribution in [3.63, 3.8) is 0 Å². The number of hydrogen-bond donors (Lipinski definition) is 1. The summed E-state index contributed by atoms with van der Waals surface area (Å²) in [6.07, 6.45) is 2.68. The maximum Gasteiger partial charge on any atom is 0.338 e. The molecule has 1 amide bonds. The molecule has 1 heterocycles. The van der Waals surface area contributed by atoms with Crippen LogP contribution >= 0.6 is 0 Å². The highest BCUT2D eigenvalue weighted by atomic mass is 16.5. The summed E-state index contributed by atoms with van der Waals surface area (Å²) in [5, 5.41) is 2.66. The van der Waals surface area contributed by atoms with Crippen molar-refractivity contribution in [3.8, 4) is 0 Å². The van der Waals surface area contributed by atoms with E-state index in [1.807, 2.05) is 0 Å². The Hall–Kier alpha value is -2.21. The Bertz CT molecular complexity index is 505. The zero-order valence-electron chi connectivity index (χ0n) is 11.5. The largest absolute Gasteiger partial charge is 0.452 e. The molecule has 0 unspecified atom stereocenters. The molecule has 1 aliphatic rings. The van der Waals surface area contributed by atoms with E-state index in [1.54, 1.807) is 0 Å². The van der Waals surface area contributed by atoms with E-state index < -0.39 is 5.97 Å². The van der Waals surface area contributed by atoms with Crippen LogP contribution in [0.2, 0.25) is 0 Å². The maximum absolute atomic E-state index is 11.7. The summed E-state index contributed by atoms with van der Waals surface area (Å²) in [4.78, 5) is 33.7. The van der Waals surface area contributed by atoms with Gasteiger partial charge in [-0.3, -0.25) is 9.59 Å². The van der Waals surface area contributed by atoms with Crippen molar-refractivity contribution >= 4 is 18.2 Å². The van der Waals surface area contributed by atoms with Gasteiger partial charge in [-0.15, -0.1) is 0 Å². The Kier molecular flexibility index (Phi) is 5.45. The molecule has 0 saturated carbocycles. The summed E-state index contributed by atoms with van der Waals surface area (Å²) < 4.78 is 10.3. The van der Waals surface area contributed by atoms with Gasteiger partial charge in [-0.2, -0.15) is 0 Å². The summed E-state index contributed by atoms with van der Waals surface area (Å²) in [6, 6.07) is 5.99. The van der Waals surface area contributed by atoms with Crippen molar-refractivity contribution < 1.29 is 23.9 Å². The van der Waals surface area contributed by atoms with Gasteiger partial charge in [0.1, 0.15) is 6.29 Å². The Labute approximate surface area is 122 Å². The van der Waals surface area contributed by atoms with Crippen LogP contribution in [0.15, 0.2) is 24.3 Å². The Morgan fingerprint density at radius 1 is 1.33 bits per heavy atom. The second kappa shape index (κ2) is 7.54. The second-order valence-corrected chi connectivity index (χ2v) is 4.76. The quantitative estimate of drug-likeness (QED) is 0.623. The zero-order chi connectivity index (χ0) is 15.1. The molecule has 2 rings (SSSR count). The van der Waals surface area contributed by atoms with Gasteiger partial charge in [0, 0.05) is 18.7 Å². The van der Waals surface area contributed by atoms with Gasteiger partial charge in [0.25, 0.3) is 5.91 Å². The lowest BCUT2D eigenvalue weighted by atomic mass is 10.1. The molecule has 0 spiro atoms. The topological polar surface area (TPSA) is 81.7 Å². The molecule has 0 radical (unpaired) electrons. The normalized spacial score (nSPS) is 17.2. The lowest BCUT2D eigenvalue weighted by molar-refractivity contribution is -0.124. The first-order valence-electron chi connectivity index (χ1n) is 6.79. The molecule has 0 bridgehead atoms. The third kappa shape index (κ3) is 4.68. The average molecular weight is 291 g/mol. The number of hydrogen-bond acceptors (Lipinski definition) is 5. The fourth-order valence-electron chi connectivity index (χ4n) is 2.00. The summed E-state index contributed by atoms with van der Waals surface area (Å²) in [6.45, 7) is 0.831. The van der Waals surface area contributed by atoms with E-state index >= 15 is 0 Å². The third-order valence-electron chi connectivity index (χ3n) is 3.17. The number of esters is 1. The Morgan fingerprint density at radius 3 is 2.71 bits per heavy atom. The first kappa shape index (κ1) is 15.2. The highest BCUT2D eigenvalue weighted by Gasteiger charge is 2.16. The highest BCUT2D eigenvalue weighted by molar-refractivity contribution is 5.92. The first-order valence-corrected chi connectivity index (χ1v) is 6.79. The molecule has 1 N–H and O–H groups in total. The van der Waals surface area contributed by atoms with Gasteiger partial charge in [-0.25, -0.2) is 4.79 Å². The minimum atomic E-state index is -0.597. The van der Waals surface area contributed by atoms with Crippen LogP contribution in [0.1, 0.15) is 33.6 Å². The van der Waals surface area contributed by atoms with Gasteiger partial charge in [0.2, 0.25) is 0 Å². The van der Waals surface area contributed by atoms with Gasteiger partial charge >= 0.3 is 5.97 Å². The number of benzene rings is 1. The van der Waals surface area contributed by atoms with E-state index in [2.05, 4.69) is 5.32 Å². The molecule has 0 aliphatic carbocycles. The number of nitrogens with one attached hydrogen (secondary N) is 1. The highest BCUT2D eigenvalue weighted by Crippen LogP contribution is 2.10. The summed E-state index contributed by atoms with van der Waals surface area (Å²) in [7, 11) is 0. The van der Waals surface area contributed by atoms with Crippen molar-refractivity contribution in [2.24, 2.45) is 0 Å². The van der Waals surface area contributed by atoms with E-state index in [4.69, 9.17) is 9.47 Å². The number of rotatable bonds is 6. The van der Waals surface area contributed by atoms with E-state index in [-0.39, 0.29) is 18.6 Å². The van der Waals surface area contributed by atoms with Crippen molar-refractivity contribution in [1.29, 1.82) is 0 Å². The predicted octanol–water partition coefficient (Wildman–Crippen LogP) is 0.951. The van der Waals surface area contributed by atoms with Crippen LogP contribution in [-0.2, 0) is 14.3 Å². The molecular formula is C15H17NO5. The second-order valence-electron chi connectivity index (χ2n) is 4.76. The third-order valence-corrected chi connectivity index (χ3v) is 3.17. The molecule has 6 heteroatoms. The molecule has 1 aromatic rings. The van der Waals surface area contributed by atoms with E-state index in [9.17, 15) is 14.4 Å². The van der Waals surface area contributed by atoms with Gasteiger partial charge < -0.3 is 14.8 Å². The SMILES string of the molecule is O=Cc1ccc(C(=O)OCC(=O)NC[C@@H]2CCCO2)cc1. The summed E-state index contributed by atoms with van der Waals surface area (Å²) in [5.74, 6) is -0.955. The minimum absolute atomic E-state index is 0.0561. The number of amides is 1. The van der Waals surface area contributed by atoms with Gasteiger partial charge in [-0.05, 0) is 25.0 Å². The molecule has 1 fully saturated rings.